The van der Waals surface area contributed by atoms with Crippen LogP contribution in [0.5, 0.6) is 0 Å². The standard InChI is InChI=1S/C13H16F2N2O2/c1-2-3-6-16-12(18)8-13(19)17-11-5-4-9(14)7-10(11)15/h4-5,7H,2-3,6,8H2,1H3,(H,16,18)(H,17,19). The summed E-state index contributed by atoms with van der Waals surface area (Å²) in [6, 6.07) is 2.80. The third-order valence-electron chi connectivity index (χ3n) is 2.38. The van der Waals surface area contributed by atoms with Crippen LogP contribution in [-0.2, 0) is 9.59 Å². The summed E-state index contributed by atoms with van der Waals surface area (Å²) in [6.45, 7) is 2.49. The van der Waals surface area contributed by atoms with E-state index >= 15 is 0 Å². The van der Waals surface area contributed by atoms with Gasteiger partial charge in [0.25, 0.3) is 0 Å². The highest BCUT2D eigenvalue weighted by molar-refractivity contribution is 6.03. The summed E-state index contributed by atoms with van der Waals surface area (Å²) >= 11 is 0. The summed E-state index contributed by atoms with van der Waals surface area (Å²) < 4.78 is 25.9. The quantitative estimate of drug-likeness (QED) is 0.615. The second-order valence-corrected chi connectivity index (χ2v) is 4.05. The first-order valence-corrected chi connectivity index (χ1v) is 6.04. The number of benzene rings is 1. The predicted molar refractivity (Wildman–Crippen MR) is 67.5 cm³/mol. The molecule has 2 amide bonds. The van der Waals surface area contributed by atoms with Crippen molar-refractivity contribution in [1.82, 2.24) is 5.32 Å². The Hall–Kier alpha value is -1.98. The maximum absolute atomic E-state index is 13.2. The van der Waals surface area contributed by atoms with Crippen molar-refractivity contribution in [1.29, 1.82) is 0 Å². The number of carbonyl (C=O) groups excluding carboxylic acids is 2. The second-order valence-electron chi connectivity index (χ2n) is 4.05. The molecule has 1 aromatic rings. The normalized spacial score (nSPS) is 10.1. The SMILES string of the molecule is CCCCNC(=O)CC(=O)Nc1ccc(F)cc1F. The van der Waals surface area contributed by atoms with Crippen LogP contribution in [0.1, 0.15) is 26.2 Å². The van der Waals surface area contributed by atoms with Gasteiger partial charge in [0.1, 0.15) is 18.1 Å². The Morgan fingerprint density at radius 2 is 1.95 bits per heavy atom. The highest BCUT2D eigenvalue weighted by atomic mass is 19.1. The third-order valence-corrected chi connectivity index (χ3v) is 2.38. The molecule has 0 atom stereocenters. The van der Waals surface area contributed by atoms with Crippen LogP contribution in [0.3, 0.4) is 0 Å². The maximum atomic E-state index is 13.2. The molecule has 1 aromatic carbocycles. The van der Waals surface area contributed by atoms with Crippen molar-refractivity contribution >= 4 is 17.5 Å². The molecule has 0 spiro atoms. The Morgan fingerprint density at radius 3 is 2.58 bits per heavy atom. The lowest BCUT2D eigenvalue weighted by Gasteiger charge is -2.07. The summed E-state index contributed by atoms with van der Waals surface area (Å²) in [5.74, 6) is -2.67. The average Bonchev–Trinajstić information content (AvgIpc) is 2.33. The fourth-order valence-corrected chi connectivity index (χ4v) is 1.40. The van der Waals surface area contributed by atoms with Crippen LogP contribution in [0.2, 0.25) is 0 Å². The Balaban J connectivity index is 2.44. The topological polar surface area (TPSA) is 58.2 Å². The monoisotopic (exact) mass is 270 g/mol. The fraction of sp³-hybridized carbons (Fsp3) is 0.385. The smallest absolute Gasteiger partial charge is 0.233 e. The molecule has 0 saturated heterocycles. The van der Waals surface area contributed by atoms with Crippen molar-refractivity contribution in [3.8, 4) is 0 Å². The van der Waals surface area contributed by atoms with Crippen LogP contribution in [0, 0.1) is 11.6 Å². The molecule has 0 heterocycles. The first-order valence-electron chi connectivity index (χ1n) is 6.04. The first kappa shape index (κ1) is 15.1. The maximum Gasteiger partial charge on any atom is 0.233 e. The molecule has 0 unspecified atom stereocenters. The molecule has 0 aliphatic heterocycles. The molecule has 0 aliphatic rings. The molecule has 4 nitrogen and oxygen atoms in total. The fourth-order valence-electron chi connectivity index (χ4n) is 1.40. The van der Waals surface area contributed by atoms with Gasteiger partial charge in [0.2, 0.25) is 11.8 Å². The van der Waals surface area contributed by atoms with E-state index in [2.05, 4.69) is 10.6 Å². The van der Waals surface area contributed by atoms with Gasteiger partial charge in [-0.1, -0.05) is 13.3 Å². The molecule has 104 valence electrons. The number of halogens is 2. The van der Waals surface area contributed by atoms with E-state index in [1.165, 1.54) is 0 Å². The summed E-state index contributed by atoms with van der Waals surface area (Å²) in [5, 5.41) is 4.79. The van der Waals surface area contributed by atoms with Crippen LogP contribution in [-0.4, -0.2) is 18.4 Å². The Bertz CT molecular complexity index is 464. The van der Waals surface area contributed by atoms with Gasteiger partial charge in [0, 0.05) is 12.6 Å². The molecule has 19 heavy (non-hydrogen) atoms. The lowest BCUT2D eigenvalue weighted by Crippen LogP contribution is -2.29. The van der Waals surface area contributed by atoms with Crippen molar-refractivity contribution < 1.29 is 18.4 Å². The minimum Gasteiger partial charge on any atom is -0.356 e. The minimum atomic E-state index is -0.875. The number of carbonyl (C=O) groups is 2. The van der Waals surface area contributed by atoms with E-state index in [-0.39, 0.29) is 12.1 Å². The van der Waals surface area contributed by atoms with Gasteiger partial charge in [0.15, 0.2) is 0 Å². The number of rotatable bonds is 6. The second kappa shape index (κ2) is 7.45. The van der Waals surface area contributed by atoms with E-state index in [4.69, 9.17) is 0 Å². The number of unbranched alkanes of at least 4 members (excludes halogenated alkanes) is 1. The van der Waals surface area contributed by atoms with E-state index in [0.29, 0.717) is 12.6 Å². The van der Waals surface area contributed by atoms with E-state index in [1.54, 1.807) is 0 Å². The van der Waals surface area contributed by atoms with Crippen LogP contribution >= 0.6 is 0 Å². The van der Waals surface area contributed by atoms with E-state index < -0.39 is 23.4 Å². The summed E-state index contributed by atoms with van der Waals surface area (Å²) in [6.07, 6.45) is 1.38. The van der Waals surface area contributed by atoms with Gasteiger partial charge < -0.3 is 10.6 Å². The molecule has 2 N–H and O–H groups in total. The van der Waals surface area contributed by atoms with Crippen molar-refractivity contribution in [2.24, 2.45) is 0 Å². The zero-order chi connectivity index (χ0) is 14.3. The van der Waals surface area contributed by atoms with Crippen LogP contribution in [0.15, 0.2) is 18.2 Å². The predicted octanol–water partition coefficient (Wildman–Crippen LogP) is 2.21. The summed E-state index contributed by atoms with van der Waals surface area (Å²) in [7, 11) is 0. The van der Waals surface area contributed by atoms with Gasteiger partial charge in [-0.05, 0) is 18.6 Å². The van der Waals surface area contributed by atoms with E-state index in [9.17, 15) is 18.4 Å². The number of amides is 2. The number of nitrogens with one attached hydrogen (secondary N) is 2. The molecule has 0 fully saturated rings. The number of hydrogen-bond donors (Lipinski definition) is 2. The van der Waals surface area contributed by atoms with E-state index in [0.717, 1.165) is 25.0 Å². The molecule has 0 aliphatic carbocycles. The third kappa shape index (κ3) is 5.46. The van der Waals surface area contributed by atoms with E-state index in [1.807, 2.05) is 6.92 Å². The highest BCUT2D eigenvalue weighted by Gasteiger charge is 2.11. The highest BCUT2D eigenvalue weighted by Crippen LogP contribution is 2.14. The van der Waals surface area contributed by atoms with Gasteiger partial charge >= 0.3 is 0 Å². The minimum absolute atomic E-state index is 0.146. The molecule has 0 bridgehead atoms. The van der Waals surface area contributed by atoms with Crippen LogP contribution in [0.4, 0.5) is 14.5 Å². The zero-order valence-electron chi connectivity index (χ0n) is 10.6. The molecular formula is C13H16F2N2O2. The Morgan fingerprint density at radius 1 is 1.21 bits per heavy atom. The lowest BCUT2D eigenvalue weighted by atomic mass is 10.2. The zero-order valence-corrected chi connectivity index (χ0v) is 10.6. The molecule has 0 saturated carbocycles. The molecule has 0 aromatic heterocycles. The number of anilines is 1. The average molecular weight is 270 g/mol. The van der Waals surface area contributed by atoms with Gasteiger partial charge in [0.05, 0.1) is 5.69 Å². The molecule has 1 rings (SSSR count). The van der Waals surface area contributed by atoms with Gasteiger partial charge in [-0.15, -0.1) is 0 Å². The summed E-state index contributed by atoms with van der Waals surface area (Å²) in [5.41, 5.74) is -0.146. The Labute approximate surface area is 110 Å². The van der Waals surface area contributed by atoms with Crippen molar-refractivity contribution in [3.63, 3.8) is 0 Å². The van der Waals surface area contributed by atoms with Gasteiger partial charge in [-0.2, -0.15) is 0 Å². The van der Waals surface area contributed by atoms with Crippen molar-refractivity contribution in [3.05, 3.63) is 29.8 Å². The van der Waals surface area contributed by atoms with Crippen molar-refractivity contribution in [2.75, 3.05) is 11.9 Å². The lowest BCUT2D eigenvalue weighted by molar-refractivity contribution is -0.126. The number of hydrogen-bond acceptors (Lipinski definition) is 2. The molecule has 0 radical (unpaired) electrons. The summed E-state index contributed by atoms with van der Waals surface area (Å²) in [4.78, 5) is 22.8. The first-order chi connectivity index (χ1) is 9.02. The van der Waals surface area contributed by atoms with Gasteiger partial charge in [-0.25, -0.2) is 8.78 Å². The Kier molecular flexibility index (Phi) is 5.92. The van der Waals surface area contributed by atoms with Crippen LogP contribution in [0.25, 0.3) is 0 Å². The van der Waals surface area contributed by atoms with Crippen LogP contribution < -0.4 is 10.6 Å². The van der Waals surface area contributed by atoms with Crippen molar-refractivity contribution in [2.45, 2.75) is 26.2 Å². The molecule has 6 heteroatoms. The largest absolute Gasteiger partial charge is 0.356 e. The molecular weight excluding hydrogens is 254 g/mol. The van der Waals surface area contributed by atoms with Gasteiger partial charge in [-0.3, -0.25) is 9.59 Å².